The highest BCUT2D eigenvalue weighted by atomic mass is 16.7. The van der Waals surface area contributed by atoms with Crippen molar-refractivity contribution in [1.29, 1.82) is 0 Å². The molecule has 3 heterocycles. The van der Waals surface area contributed by atoms with Gasteiger partial charge in [-0.05, 0) is 60.4 Å². The van der Waals surface area contributed by atoms with Crippen molar-refractivity contribution >= 4 is 11.9 Å². The number of likely N-dealkylation sites (tertiary alicyclic amines) is 1. The number of carbonyl (C=O) groups is 2. The van der Waals surface area contributed by atoms with Gasteiger partial charge in [-0.3, -0.25) is 14.6 Å². The molecule has 0 N–H and O–H groups in total. The fourth-order valence-electron chi connectivity index (χ4n) is 6.26. The molecule has 0 atom stereocenters. The van der Waals surface area contributed by atoms with E-state index < -0.39 is 5.54 Å². The first-order chi connectivity index (χ1) is 16.9. The van der Waals surface area contributed by atoms with E-state index in [4.69, 9.17) is 9.47 Å². The van der Waals surface area contributed by atoms with Crippen molar-refractivity contribution in [3.05, 3.63) is 59.2 Å². The fraction of sp³-hybridized carbons (Fsp3) is 0.500. The molecule has 6 rings (SSSR count). The molecular formula is C28H33N3O4. The molecule has 4 aliphatic rings. The summed E-state index contributed by atoms with van der Waals surface area (Å²) in [6.45, 7) is 7.48. The van der Waals surface area contributed by atoms with Crippen molar-refractivity contribution in [2.24, 2.45) is 5.92 Å². The van der Waals surface area contributed by atoms with Crippen molar-refractivity contribution in [3.8, 4) is 11.5 Å². The zero-order valence-electron chi connectivity index (χ0n) is 20.5. The lowest BCUT2D eigenvalue weighted by atomic mass is 9.85. The minimum atomic E-state index is -0.721. The highest BCUT2D eigenvalue weighted by Gasteiger charge is 2.59. The molecule has 0 unspecified atom stereocenters. The highest BCUT2D eigenvalue weighted by Crippen LogP contribution is 2.41. The Kier molecular flexibility index (Phi) is 5.48. The van der Waals surface area contributed by atoms with Gasteiger partial charge >= 0.3 is 6.03 Å². The quantitative estimate of drug-likeness (QED) is 0.615. The number of urea groups is 1. The van der Waals surface area contributed by atoms with Crippen LogP contribution in [-0.2, 0) is 24.2 Å². The van der Waals surface area contributed by atoms with Gasteiger partial charge < -0.3 is 14.4 Å². The predicted octanol–water partition coefficient (Wildman–Crippen LogP) is 3.84. The van der Waals surface area contributed by atoms with Crippen LogP contribution in [0, 0.1) is 5.92 Å². The van der Waals surface area contributed by atoms with Crippen LogP contribution in [-0.4, -0.2) is 64.6 Å². The molecule has 0 aromatic heterocycles. The molecule has 3 amide bonds. The molecule has 7 heteroatoms. The van der Waals surface area contributed by atoms with Gasteiger partial charge in [0.05, 0.1) is 0 Å². The third-order valence-corrected chi connectivity index (χ3v) is 8.04. The molecule has 2 aromatic rings. The van der Waals surface area contributed by atoms with E-state index in [1.165, 1.54) is 16.7 Å². The predicted molar refractivity (Wildman–Crippen MR) is 131 cm³/mol. The summed E-state index contributed by atoms with van der Waals surface area (Å²) >= 11 is 0. The number of benzene rings is 2. The lowest BCUT2D eigenvalue weighted by Gasteiger charge is -2.42. The summed E-state index contributed by atoms with van der Waals surface area (Å²) in [5.41, 5.74) is 2.96. The Morgan fingerprint density at radius 1 is 0.971 bits per heavy atom. The Morgan fingerprint density at radius 2 is 1.66 bits per heavy atom. The maximum atomic E-state index is 14.0. The molecule has 7 nitrogen and oxygen atoms in total. The molecule has 184 valence electrons. The lowest BCUT2D eigenvalue weighted by Crippen LogP contribution is -2.57. The third-order valence-electron chi connectivity index (χ3n) is 8.04. The number of fused-ring (bicyclic) bond motifs is 2. The summed E-state index contributed by atoms with van der Waals surface area (Å²) in [5.74, 6) is 1.91. The van der Waals surface area contributed by atoms with Gasteiger partial charge in [0.25, 0.3) is 5.91 Å². The zero-order valence-corrected chi connectivity index (χ0v) is 20.5. The minimum Gasteiger partial charge on any atom is -0.454 e. The average Bonchev–Trinajstić information content (AvgIpc) is 3.53. The van der Waals surface area contributed by atoms with Gasteiger partial charge in [0.15, 0.2) is 11.5 Å². The van der Waals surface area contributed by atoms with E-state index >= 15 is 0 Å². The molecule has 0 saturated carbocycles. The minimum absolute atomic E-state index is 0.0173. The molecule has 0 bridgehead atoms. The Balaban J connectivity index is 1.20. The van der Waals surface area contributed by atoms with Crippen molar-refractivity contribution in [1.82, 2.24) is 14.7 Å². The standard InChI is InChI=1S/C28H33N3O4/c1-19(2)16-30-27(33)31(23-14-21-5-3-4-6-22(21)15-23)26(32)28(30)9-11-29(12-10-28)17-20-7-8-24-25(13-20)35-18-34-24/h3-8,13,19,23H,9-12,14-18H2,1-2H3. The fourth-order valence-corrected chi connectivity index (χ4v) is 6.26. The van der Waals surface area contributed by atoms with Gasteiger partial charge in [0.1, 0.15) is 5.54 Å². The van der Waals surface area contributed by atoms with Crippen LogP contribution in [0.2, 0.25) is 0 Å². The number of ether oxygens (including phenoxy) is 2. The van der Waals surface area contributed by atoms with Crippen LogP contribution >= 0.6 is 0 Å². The van der Waals surface area contributed by atoms with E-state index in [0.29, 0.717) is 25.3 Å². The molecule has 0 radical (unpaired) electrons. The SMILES string of the molecule is CC(C)CN1C(=O)N(C2Cc3ccccc3C2)C(=O)C12CCN(Cc1ccc3c(c1)OCO3)CC2. The molecule has 2 fully saturated rings. The lowest BCUT2D eigenvalue weighted by molar-refractivity contribution is -0.137. The van der Waals surface area contributed by atoms with Crippen LogP contribution in [0.5, 0.6) is 11.5 Å². The van der Waals surface area contributed by atoms with E-state index in [1.54, 1.807) is 4.90 Å². The van der Waals surface area contributed by atoms with Crippen LogP contribution in [0.25, 0.3) is 0 Å². The number of hydrogen-bond acceptors (Lipinski definition) is 5. The molecule has 2 aromatic carbocycles. The summed E-state index contributed by atoms with van der Waals surface area (Å²) in [6.07, 6.45) is 2.86. The van der Waals surface area contributed by atoms with Crippen LogP contribution in [0.4, 0.5) is 4.79 Å². The Labute approximate surface area is 206 Å². The molecule has 1 aliphatic carbocycles. The van der Waals surface area contributed by atoms with Crippen LogP contribution in [0.1, 0.15) is 43.4 Å². The molecule has 2 saturated heterocycles. The van der Waals surface area contributed by atoms with Crippen LogP contribution < -0.4 is 9.47 Å². The van der Waals surface area contributed by atoms with Gasteiger partial charge in [-0.2, -0.15) is 0 Å². The molecule has 3 aliphatic heterocycles. The van der Waals surface area contributed by atoms with Gasteiger partial charge in [0.2, 0.25) is 6.79 Å². The number of rotatable bonds is 5. The first-order valence-electron chi connectivity index (χ1n) is 12.8. The van der Waals surface area contributed by atoms with Crippen molar-refractivity contribution in [3.63, 3.8) is 0 Å². The van der Waals surface area contributed by atoms with Gasteiger partial charge in [0, 0.05) is 32.2 Å². The van der Waals surface area contributed by atoms with Crippen molar-refractivity contribution in [2.45, 2.75) is 57.7 Å². The van der Waals surface area contributed by atoms with Crippen molar-refractivity contribution in [2.75, 3.05) is 26.4 Å². The number of carbonyl (C=O) groups excluding carboxylic acids is 2. The van der Waals surface area contributed by atoms with E-state index in [-0.39, 0.29) is 24.8 Å². The largest absolute Gasteiger partial charge is 0.454 e. The number of hydrogen-bond donors (Lipinski definition) is 0. The van der Waals surface area contributed by atoms with E-state index in [2.05, 4.69) is 36.9 Å². The zero-order chi connectivity index (χ0) is 24.2. The van der Waals surface area contributed by atoms with Gasteiger partial charge in [-0.1, -0.05) is 44.2 Å². The topological polar surface area (TPSA) is 62.3 Å². The second-order valence-corrected chi connectivity index (χ2v) is 10.8. The van der Waals surface area contributed by atoms with Crippen molar-refractivity contribution < 1.29 is 19.1 Å². The maximum Gasteiger partial charge on any atom is 0.327 e. The normalized spacial score (nSPS) is 21.6. The number of piperidine rings is 1. The summed E-state index contributed by atoms with van der Waals surface area (Å²) in [6, 6.07) is 14.2. The average molecular weight is 476 g/mol. The van der Waals surface area contributed by atoms with Gasteiger partial charge in [-0.25, -0.2) is 4.79 Å². The summed E-state index contributed by atoms with van der Waals surface area (Å²) in [7, 11) is 0. The van der Waals surface area contributed by atoms with E-state index in [0.717, 1.165) is 44.0 Å². The summed E-state index contributed by atoms with van der Waals surface area (Å²) in [4.78, 5) is 33.7. The molecular weight excluding hydrogens is 442 g/mol. The number of amides is 3. The highest BCUT2D eigenvalue weighted by molar-refractivity contribution is 6.07. The van der Waals surface area contributed by atoms with E-state index in [9.17, 15) is 9.59 Å². The van der Waals surface area contributed by atoms with E-state index in [1.807, 2.05) is 29.2 Å². The summed E-state index contributed by atoms with van der Waals surface area (Å²) in [5, 5.41) is 0. The third kappa shape index (κ3) is 3.77. The monoisotopic (exact) mass is 475 g/mol. The van der Waals surface area contributed by atoms with Gasteiger partial charge in [-0.15, -0.1) is 0 Å². The first-order valence-corrected chi connectivity index (χ1v) is 12.8. The molecule has 35 heavy (non-hydrogen) atoms. The second-order valence-electron chi connectivity index (χ2n) is 10.8. The Bertz CT molecular complexity index is 1130. The molecule has 1 spiro atoms. The number of nitrogens with zero attached hydrogens (tertiary/aromatic N) is 3. The first kappa shape index (κ1) is 22.4. The summed E-state index contributed by atoms with van der Waals surface area (Å²) < 4.78 is 11.0. The second kappa shape index (κ2) is 8.55. The maximum absolute atomic E-state index is 14.0. The Morgan fingerprint density at radius 3 is 2.34 bits per heavy atom. The number of imide groups is 1. The smallest absolute Gasteiger partial charge is 0.327 e. The van der Waals surface area contributed by atoms with Crippen LogP contribution in [0.15, 0.2) is 42.5 Å². The Hall–Kier alpha value is -3.06. The van der Waals surface area contributed by atoms with Crippen LogP contribution in [0.3, 0.4) is 0 Å².